The van der Waals surface area contributed by atoms with Crippen molar-refractivity contribution in [2.45, 2.75) is 50.5 Å². The van der Waals surface area contributed by atoms with Crippen LogP contribution in [-0.4, -0.2) is 48.1 Å². The average Bonchev–Trinajstić information content (AvgIpc) is 3.28. The van der Waals surface area contributed by atoms with Gasteiger partial charge in [-0.1, -0.05) is 53.5 Å². The Kier molecular flexibility index (Phi) is 7.76. The SMILES string of the molecule is O=C(Nc1cc(Cl)cc(Cl)c1)N(CCN1CCCC1)C1CCC(c2ccccc2)CC1. The van der Waals surface area contributed by atoms with Gasteiger partial charge >= 0.3 is 6.03 Å². The molecule has 1 heterocycles. The Morgan fingerprint density at radius 3 is 2.26 bits per heavy atom. The molecule has 1 saturated heterocycles. The summed E-state index contributed by atoms with van der Waals surface area (Å²) in [7, 11) is 0. The zero-order chi connectivity index (χ0) is 21.6. The second-order valence-electron chi connectivity index (χ2n) is 8.75. The molecular weight excluding hydrogens is 429 g/mol. The maximum atomic E-state index is 13.3. The van der Waals surface area contributed by atoms with E-state index in [9.17, 15) is 4.79 Å². The summed E-state index contributed by atoms with van der Waals surface area (Å²) in [6.07, 6.45) is 6.81. The summed E-state index contributed by atoms with van der Waals surface area (Å²) in [5.74, 6) is 0.590. The molecule has 6 heteroatoms. The molecule has 0 radical (unpaired) electrons. The number of carbonyl (C=O) groups excluding carboxylic acids is 1. The minimum atomic E-state index is -0.0549. The summed E-state index contributed by atoms with van der Waals surface area (Å²) in [6.45, 7) is 3.96. The fraction of sp³-hybridized carbons (Fsp3) is 0.480. The third-order valence-electron chi connectivity index (χ3n) is 6.64. The molecule has 1 aliphatic heterocycles. The number of carbonyl (C=O) groups is 1. The van der Waals surface area contributed by atoms with Crippen molar-refractivity contribution in [1.29, 1.82) is 0 Å². The molecule has 2 fully saturated rings. The van der Waals surface area contributed by atoms with E-state index in [-0.39, 0.29) is 12.1 Å². The highest BCUT2D eigenvalue weighted by atomic mass is 35.5. The lowest BCUT2D eigenvalue weighted by Gasteiger charge is -2.38. The van der Waals surface area contributed by atoms with Crippen molar-refractivity contribution in [2.24, 2.45) is 0 Å². The van der Waals surface area contributed by atoms with Crippen LogP contribution in [0.1, 0.15) is 50.0 Å². The predicted octanol–water partition coefficient (Wildman–Crippen LogP) is 6.65. The molecule has 0 aromatic heterocycles. The second-order valence-corrected chi connectivity index (χ2v) is 9.62. The van der Waals surface area contributed by atoms with Crippen LogP contribution in [-0.2, 0) is 0 Å². The van der Waals surface area contributed by atoms with E-state index >= 15 is 0 Å². The van der Waals surface area contributed by atoms with Gasteiger partial charge in [-0.25, -0.2) is 4.79 Å². The molecule has 0 unspecified atom stereocenters. The smallest absolute Gasteiger partial charge is 0.320 e. The minimum Gasteiger partial charge on any atom is -0.320 e. The van der Waals surface area contributed by atoms with Gasteiger partial charge in [0, 0.05) is 34.9 Å². The molecule has 1 aliphatic carbocycles. The van der Waals surface area contributed by atoms with Crippen LogP contribution in [0.3, 0.4) is 0 Å². The number of nitrogens with zero attached hydrogens (tertiary/aromatic N) is 2. The zero-order valence-corrected chi connectivity index (χ0v) is 19.4. The highest BCUT2D eigenvalue weighted by Crippen LogP contribution is 2.35. The van der Waals surface area contributed by atoms with Gasteiger partial charge in [-0.2, -0.15) is 0 Å². The molecule has 2 aliphatic rings. The monoisotopic (exact) mass is 459 g/mol. The maximum absolute atomic E-state index is 13.3. The molecule has 1 N–H and O–H groups in total. The second kappa shape index (κ2) is 10.7. The molecule has 0 spiro atoms. The Bertz CT molecular complexity index is 842. The fourth-order valence-electron chi connectivity index (χ4n) is 4.97. The van der Waals surface area contributed by atoms with Gasteiger partial charge in [-0.05, 0) is 81.3 Å². The summed E-state index contributed by atoms with van der Waals surface area (Å²) in [5.41, 5.74) is 2.06. The quantitative estimate of drug-likeness (QED) is 0.524. The molecule has 166 valence electrons. The van der Waals surface area contributed by atoms with E-state index in [4.69, 9.17) is 23.2 Å². The number of benzene rings is 2. The first-order chi connectivity index (χ1) is 15.1. The van der Waals surface area contributed by atoms with Crippen molar-refractivity contribution in [3.05, 3.63) is 64.1 Å². The number of hydrogen-bond acceptors (Lipinski definition) is 2. The van der Waals surface area contributed by atoms with Crippen LogP contribution in [0.5, 0.6) is 0 Å². The first kappa shape index (κ1) is 22.4. The highest BCUT2D eigenvalue weighted by molar-refractivity contribution is 6.35. The standard InChI is InChI=1S/C25H31Cl2N3O/c26-21-16-22(27)18-23(17-21)28-25(31)30(15-14-29-12-4-5-13-29)24-10-8-20(9-11-24)19-6-2-1-3-7-19/h1-3,6-7,16-18,20,24H,4-5,8-15H2,(H,28,31). The lowest BCUT2D eigenvalue weighted by Crippen LogP contribution is -2.47. The summed E-state index contributed by atoms with van der Waals surface area (Å²) < 4.78 is 0. The Morgan fingerprint density at radius 1 is 0.968 bits per heavy atom. The van der Waals surface area contributed by atoms with Gasteiger partial charge in [0.2, 0.25) is 0 Å². The Hall–Kier alpha value is -1.75. The summed E-state index contributed by atoms with van der Waals surface area (Å²) in [6, 6.07) is 16.1. The summed E-state index contributed by atoms with van der Waals surface area (Å²) in [5, 5.41) is 4.08. The normalized spacial score (nSPS) is 21.7. The zero-order valence-electron chi connectivity index (χ0n) is 17.9. The number of urea groups is 1. The van der Waals surface area contributed by atoms with Crippen molar-refractivity contribution in [3.63, 3.8) is 0 Å². The number of rotatable bonds is 6. The fourth-order valence-corrected chi connectivity index (χ4v) is 5.50. The van der Waals surface area contributed by atoms with E-state index in [1.807, 2.05) is 4.90 Å². The maximum Gasteiger partial charge on any atom is 0.322 e. The first-order valence-electron chi connectivity index (χ1n) is 11.4. The average molecular weight is 460 g/mol. The van der Waals surface area contributed by atoms with Crippen molar-refractivity contribution in [3.8, 4) is 0 Å². The van der Waals surface area contributed by atoms with Crippen LogP contribution in [0.4, 0.5) is 10.5 Å². The number of halogens is 2. The lowest BCUT2D eigenvalue weighted by molar-refractivity contribution is 0.151. The predicted molar refractivity (Wildman–Crippen MR) is 129 cm³/mol. The van der Waals surface area contributed by atoms with Crippen LogP contribution in [0, 0.1) is 0 Å². The molecule has 0 bridgehead atoms. The van der Waals surface area contributed by atoms with Crippen molar-refractivity contribution in [1.82, 2.24) is 9.80 Å². The van der Waals surface area contributed by atoms with Gasteiger partial charge in [-0.15, -0.1) is 0 Å². The molecule has 0 atom stereocenters. The number of hydrogen-bond donors (Lipinski definition) is 1. The summed E-state index contributed by atoms with van der Waals surface area (Å²) >= 11 is 12.3. The molecule has 4 rings (SSSR count). The molecule has 4 nitrogen and oxygen atoms in total. The van der Waals surface area contributed by atoms with Crippen LogP contribution < -0.4 is 5.32 Å². The van der Waals surface area contributed by atoms with Crippen molar-refractivity contribution in [2.75, 3.05) is 31.5 Å². The van der Waals surface area contributed by atoms with E-state index in [0.29, 0.717) is 21.7 Å². The van der Waals surface area contributed by atoms with Crippen LogP contribution in [0.2, 0.25) is 10.0 Å². The number of amides is 2. The molecule has 31 heavy (non-hydrogen) atoms. The molecule has 2 amide bonds. The van der Waals surface area contributed by atoms with E-state index in [2.05, 4.69) is 40.5 Å². The van der Waals surface area contributed by atoms with Crippen LogP contribution >= 0.6 is 23.2 Å². The van der Waals surface area contributed by atoms with Gasteiger partial charge in [0.15, 0.2) is 0 Å². The van der Waals surface area contributed by atoms with E-state index in [0.717, 1.165) is 51.9 Å². The number of likely N-dealkylation sites (tertiary alicyclic amines) is 1. The highest BCUT2D eigenvalue weighted by Gasteiger charge is 2.30. The van der Waals surface area contributed by atoms with Gasteiger partial charge in [0.05, 0.1) is 0 Å². The van der Waals surface area contributed by atoms with E-state index in [1.165, 1.54) is 18.4 Å². The van der Waals surface area contributed by atoms with E-state index < -0.39 is 0 Å². The molecule has 1 saturated carbocycles. The van der Waals surface area contributed by atoms with Crippen LogP contribution in [0.25, 0.3) is 0 Å². The van der Waals surface area contributed by atoms with Gasteiger partial charge in [0.25, 0.3) is 0 Å². The topological polar surface area (TPSA) is 35.6 Å². The molecule has 2 aromatic rings. The molecule has 2 aromatic carbocycles. The van der Waals surface area contributed by atoms with Crippen molar-refractivity contribution >= 4 is 34.9 Å². The van der Waals surface area contributed by atoms with E-state index in [1.54, 1.807) is 18.2 Å². The third-order valence-corrected chi connectivity index (χ3v) is 7.08. The Balaban J connectivity index is 1.42. The lowest BCUT2D eigenvalue weighted by atomic mass is 9.81. The van der Waals surface area contributed by atoms with Gasteiger partial charge < -0.3 is 15.1 Å². The molecular formula is C25H31Cl2N3O. The Labute approximate surface area is 195 Å². The first-order valence-corrected chi connectivity index (χ1v) is 12.1. The van der Waals surface area contributed by atoms with Crippen molar-refractivity contribution < 1.29 is 4.79 Å². The number of nitrogens with one attached hydrogen (secondary N) is 1. The van der Waals surface area contributed by atoms with Crippen LogP contribution in [0.15, 0.2) is 48.5 Å². The number of anilines is 1. The third kappa shape index (κ3) is 6.15. The largest absolute Gasteiger partial charge is 0.322 e. The van der Waals surface area contributed by atoms with Gasteiger partial charge in [-0.3, -0.25) is 0 Å². The minimum absolute atomic E-state index is 0.0549. The summed E-state index contributed by atoms with van der Waals surface area (Å²) in [4.78, 5) is 17.8. The van der Waals surface area contributed by atoms with Gasteiger partial charge in [0.1, 0.15) is 0 Å². The Morgan fingerprint density at radius 2 is 1.61 bits per heavy atom.